The maximum Gasteiger partial charge on any atom is 0.0571 e. The van der Waals surface area contributed by atoms with Crippen molar-refractivity contribution in [2.24, 2.45) is 5.92 Å². The van der Waals surface area contributed by atoms with E-state index in [4.69, 9.17) is 0 Å². The second kappa shape index (κ2) is 2.96. The van der Waals surface area contributed by atoms with Crippen molar-refractivity contribution < 1.29 is 5.11 Å². The van der Waals surface area contributed by atoms with Crippen LogP contribution in [0.1, 0.15) is 18.1 Å². The summed E-state index contributed by atoms with van der Waals surface area (Å²) in [7, 11) is 0. The van der Waals surface area contributed by atoms with Gasteiger partial charge in [-0.15, -0.1) is 0 Å². The van der Waals surface area contributed by atoms with Gasteiger partial charge in [-0.2, -0.15) is 0 Å². The lowest BCUT2D eigenvalue weighted by Gasteiger charge is -2.15. The van der Waals surface area contributed by atoms with E-state index >= 15 is 0 Å². The third-order valence-electron chi connectivity index (χ3n) is 3.63. The lowest BCUT2D eigenvalue weighted by Crippen LogP contribution is -2.16. The van der Waals surface area contributed by atoms with E-state index in [0.717, 1.165) is 5.57 Å². The molecule has 0 aliphatic heterocycles. The monoisotopic (exact) mass is 188 g/mol. The quantitative estimate of drug-likeness (QED) is 0.707. The zero-order valence-electron chi connectivity index (χ0n) is 8.75. The first kappa shape index (κ1) is 9.47. The van der Waals surface area contributed by atoms with Gasteiger partial charge in [0, 0.05) is 5.41 Å². The average Bonchev–Trinajstić information content (AvgIpc) is 2.72. The van der Waals surface area contributed by atoms with Gasteiger partial charge in [-0.3, -0.25) is 0 Å². The van der Waals surface area contributed by atoms with Gasteiger partial charge in [0.25, 0.3) is 0 Å². The Labute approximate surface area is 85.1 Å². The van der Waals surface area contributed by atoms with Gasteiger partial charge in [-0.25, -0.2) is 0 Å². The van der Waals surface area contributed by atoms with Crippen molar-refractivity contribution in [3.8, 4) is 0 Å². The molecule has 14 heavy (non-hydrogen) atoms. The second-order valence-corrected chi connectivity index (χ2v) is 4.19. The molecule has 1 nitrogen and oxygen atoms in total. The van der Waals surface area contributed by atoms with Crippen LogP contribution in [0.15, 0.2) is 36.4 Å². The number of aliphatic hydroxyl groups excluding tert-OH is 1. The van der Waals surface area contributed by atoms with Gasteiger partial charge in [-0.05, 0) is 24.0 Å². The number of benzene rings is 1. The molecule has 0 heterocycles. The summed E-state index contributed by atoms with van der Waals surface area (Å²) < 4.78 is 0. The zero-order valence-corrected chi connectivity index (χ0v) is 8.75. The molecule has 1 aromatic carbocycles. The van der Waals surface area contributed by atoms with Crippen molar-refractivity contribution in [3.63, 3.8) is 0 Å². The fourth-order valence-electron chi connectivity index (χ4n) is 2.42. The molecule has 1 aliphatic carbocycles. The molecule has 1 fully saturated rings. The normalized spacial score (nSPS) is 30.5. The summed E-state index contributed by atoms with van der Waals surface area (Å²) in [5.41, 5.74) is 3.49. The van der Waals surface area contributed by atoms with E-state index in [-0.39, 0.29) is 12.0 Å². The largest absolute Gasteiger partial charge is 0.395 e. The molecule has 2 atom stereocenters. The molecule has 0 unspecified atom stereocenters. The van der Waals surface area contributed by atoms with Gasteiger partial charge in [0.2, 0.25) is 0 Å². The lowest BCUT2D eigenvalue weighted by molar-refractivity contribution is 0.251. The highest BCUT2D eigenvalue weighted by Crippen LogP contribution is 2.58. The van der Waals surface area contributed by atoms with Crippen molar-refractivity contribution in [1.29, 1.82) is 0 Å². The predicted octanol–water partition coefficient (Wildman–Crippen LogP) is 2.43. The SMILES string of the molecule is C=C1[C@@H](C)[C@]1(CO)c1ccccc1C. The fraction of sp³-hybridized carbons (Fsp3) is 0.385. The first-order valence-corrected chi connectivity index (χ1v) is 5.01. The number of hydrogen-bond donors (Lipinski definition) is 1. The van der Waals surface area contributed by atoms with Crippen LogP contribution in [-0.2, 0) is 5.41 Å². The highest BCUT2D eigenvalue weighted by molar-refractivity contribution is 5.54. The van der Waals surface area contributed by atoms with Crippen LogP contribution in [0.25, 0.3) is 0 Å². The zero-order chi connectivity index (χ0) is 10.3. The first-order chi connectivity index (χ1) is 6.64. The van der Waals surface area contributed by atoms with Crippen molar-refractivity contribution in [3.05, 3.63) is 47.5 Å². The van der Waals surface area contributed by atoms with Crippen molar-refractivity contribution in [2.45, 2.75) is 19.3 Å². The van der Waals surface area contributed by atoms with Crippen LogP contribution in [0.4, 0.5) is 0 Å². The van der Waals surface area contributed by atoms with Crippen LogP contribution in [0.3, 0.4) is 0 Å². The van der Waals surface area contributed by atoms with Crippen LogP contribution in [0.2, 0.25) is 0 Å². The van der Waals surface area contributed by atoms with E-state index in [2.05, 4.69) is 32.6 Å². The third kappa shape index (κ3) is 0.992. The number of aryl methyl sites for hydroxylation is 1. The Morgan fingerprint density at radius 2 is 2.00 bits per heavy atom. The van der Waals surface area contributed by atoms with Gasteiger partial charge >= 0.3 is 0 Å². The minimum atomic E-state index is -0.147. The van der Waals surface area contributed by atoms with Crippen LogP contribution >= 0.6 is 0 Å². The highest BCUT2D eigenvalue weighted by atomic mass is 16.3. The molecular weight excluding hydrogens is 172 g/mol. The fourth-order valence-corrected chi connectivity index (χ4v) is 2.42. The Bertz CT molecular complexity index is 381. The molecule has 1 heteroatoms. The van der Waals surface area contributed by atoms with E-state index in [1.807, 2.05) is 12.1 Å². The van der Waals surface area contributed by atoms with Gasteiger partial charge in [-0.1, -0.05) is 43.3 Å². The minimum Gasteiger partial charge on any atom is -0.395 e. The van der Waals surface area contributed by atoms with Crippen LogP contribution in [-0.4, -0.2) is 11.7 Å². The predicted molar refractivity (Wildman–Crippen MR) is 58.2 cm³/mol. The van der Waals surface area contributed by atoms with Gasteiger partial charge in [0.1, 0.15) is 0 Å². The van der Waals surface area contributed by atoms with Crippen molar-refractivity contribution in [2.75, 3.05) is 6.61 Å². The number of hydrogen-bond acceptors (Lipinski definition) is 1. The second-order valence-electron chi connectivity index (χ2n) is 4.19. The maximum absolute atomic E-state index is 9.51. The van der Waals surface area contributed by atoms with E-state index in [1.165, 1.54) is 11.1 Å². The summed E-state index contributed by atoms with van der Waals surface area (Å²) >= 11 is 0. The molecule has 1 saturated carbocycles. The molecule has 1 aliphatic rings. The molecule has 74 valence electrons. The molecule has 2 rings (SSSR count). The van der Waals surface area contributed by atoms with Crippen molar-refractivity contribution >= 4 is 0 Å². The topological polar surface area (TPSA) is 20.2 Å². The standard InChI is InChI=1S/C13H16O/c1-9-6-4-5-7-12(9)13(8-14)10(2)11(13)3/h4-7,11,14H,2,8H2,1,3H3/t11-,13-/m1/s1. The average molecular weight is 188 g/mol. The van der Waals surface area contributed by atoms with Crippen molar-refractivity contribution in [1.82, 2.24) is 0 Å². The van der Waals surface area contributed by atoms with E-state index in [1.54, 1.807) is 0 Å². The molecule has 1 N–H and O–H groups in total. The molecule has 0 radical (unpaired) electrons. The van der Waals surface area contributed by atoms with E-state index in [0.29, 0.717) is 5.92 Å². The Balaban J connectivity index is 2.50. The summed E-state index contributed by atoms with van der Waals surface area (Å²) in [5, 5.41) is 9.51. The summed E-state index contributed by atoms with van der Waals surface area (Å²) in [5.74, 6) is 0.411. The maximum atomic E-state index is 9.51. The summed E-state index contributed by atoms with van der Waals surface area (Å²) in [6.07, 6.45) is 0. The number of aliphatic hydroxyl groups is 1. The molecule has 0 amide bonds. The Hall–Kier alpha value is -1.08. The minimum absolute atomic E-state index is 0.147. The Morgan fingerprint density at radius 1 is 1.43 bits per heavy atom. The first-order valence-electron chi connectivity index (χ1n) is 5.01. The van der Waals surface area contributed by atoms with E-state index < -0.39 is 0 Å². The molecular formula is C13H16O. The molecule has 1 aromatic rings. The molecule has 0 spiro atoms. The smallest absolute Gasteiger partial charge is 0.0571 e. The van der Waals surface area contributed by atoms with Gasteiger partial charge in [0.15, 0.2) is 0 Å². The van der Waals surface area contributed by atoms with Crippen LogP contribution in [0.5, 0.6) is 0 Å². The van der Waals surface area contributed by atoms with Gasteiger partial charge < -0.3 is 5.11 Å². The van der Waals surface area contributed by atoms with Crippen LogP contribution in [0, 0.1) is 12.8 Å². The third-order valence-corrected chi connectivity index (χ3v) is 3.63. The van der Waals surface area contributed by atoms with Crippen LogP contribution < -0.4 is 0 Å². The van der Waals surface area contributed by atoms with Gasteiger partial charge in [0.05, 0.1) is 6.61 Å². The Morgan fingerprint density at radius 3 is 2.43 bits per heavy atom. The summed E-state index contributed by atoms with van der Waals surface area (Å²) in [6, 6.07) is 8.24. The Kier molecular flexibility index (Phi) is 2.00. The number of rotatable bonds is 2. The molecule has 0 bridgehead atoms. The summed E-state index contributed by atoms with van der Waals surface area (Å²) in [4.78, 5) is 0. The molecule has 0 saturated heterocycles. The van der Waals surface area contributed by atoms with E-state index in [9.17, 15) is 5.11 Å². The lowest BCUT2D eigenvalue weighted by atomic mass is 9.90. The highest BCUT2D eigenvalue weighted by Gasteiger charge is 2.56. The molecule has 0 aromatic heterocycles. The summed E-state index contributed by atoms with van der Waals surface area (Å²) in [6.45, 7) is 8.43.